The smallest absolute Gasteiger partial charge is 0.137 e. The molecule has 0 bridgehead atoms. The van der Waals surface area contributed by atoms with Crippen molar-refractivity contribution in [2.24, 2.45) is 0 Å². The minimum atomic E-state index is -1.37. The number of hydrogen-bond acceptors (Lipinski definition) is 4. The van der Waals surface area contributed by atoms with Gasteiger partial charge in [0.25, 0.3) is 0 Å². The van der Waals surface area contributed by atoms with Gasteiger partial charge in [0.15, 0.2) is 0 Å². The number of aliphatic hydroxyl groups is 1. The van der Waals surface area contributed by atoms with Crippen LogP contribution in [0, 0.1) is 5.82 Å². The van der Waals surface area contributed by atoms with E-state index in [1.807, 2.05) is 30.3 Å². The molecule has 118 valence electrons. The highest BCUT2D eigenvalue weighted by atomic mass is 32.1. The Morgan fingerprint density at radius 1 is 1.13 bits per heavy atom. The topological polar surface area (TPSA) is 50.9 Å². The van der Waals surface area contributed by atoms with Gasteiger partial charge in [-0.2, -0.15) is 17.7 Å². The molecule has 1 N–H and O–H groups in total. The predicted molar refractivity (Wildman–Crippen MR) is 88.5 cm³/mol. The van der Waals surface area contributed by atoms with Crippen LogP contribution in [0.5, 0.6) is 0 Å². The van der Waals surface area contributed by atoms with E-state index in [-0.39, 0.29) is 12.4 Å². The van der Waals surface area contributed by atoms with Crippen molar-refractivity contribution in [3.8, 4) is 0 Å². The first-order valence-electron chi connectivity index (χ1n) is 7.13. The third-order valence-electron chi connectivity index (χ3n) is 3.78. The molecule has 6 heteroatoms. The number of thiol groups is 1. The molecule has 23 heavy (non-hydrogen) atoms. The largest absolute Gasteiger partial charge is 0.382 e. The summed E-state index contributed by atoms with van der Waals surface area (Å²) < 4.78 is 14.8. The van der Waals surface area contributed by atoms with Gasteiger partial charge in [0, 0.05) is 0 Å². The van der Waals surface area contributed by atoms with Crippen LogP contribution in [0.25, 0.3) is 0 Å². The quantitative estimate of drug-likeness (QED) is 0.708. The molecule has 0 fully saturated rings. The van der Waals surface area contributed by atoms with Crippen LogP contribution in [-0.2, 0) is 12.1 Å². The lowest BCUT2D eigenvalue weighted by atomic mass is 9.86. The highest BCUT2D eigenvalue weighted by Gasteiger charge is 2.38. The van der Waals surface area contributed by atoms with E-state index in [1.54, 1.807) is 12.1 Å². The highest BCUT2D eigenvalue weighted by Crippen LogP contribution is 2.41. The summed E-state index contributed by atoms with van der Waals surface area (Å²) in [4.78, 5) is 3.90. The van der Waals surface area contributed by atoms with Gasteiger partial charge in [0.05, 0.1) is 11.8 Å². The third kappa shape index (κ3) is 3.28. The number of nitrogens with zero attached hydrogens (tertiary/aromatic N) is 3. The predicted octanol–water partition coefficient (Wildman–Crippen LogP) is 2.98. The Balaban J connectivity index is 2.03. The van der Waals surface area contributed by atoms with Crippen molar-refractivity contribution in [3.63, 3.8) is 0 Å². The van der Waals surface area contributed by atoms with E-state index < -0.39 is 10.9 Å². The zero-order chi connectivity index (χ0) is 16.3. The molecule has 1 heterocycles. The zero-order valence-corrected chi connectivity index (χ0v) is 13.1. The van der Waals surface area contributed by atoms with Gasteiger partial charge in [-0.3, -0.25) is 0 Å². The van der Waals surface area contributed by atoms with Crippen LogP contribution >= 0.6 is 12.6 Å². The first kappa shape index (κ1) is 15.7. The number of halogens is 1. The number of rotatable bonds is 5. The summed E-state index contributed by atoms with van der Waals surface area (Å²) in [5.41, 5.74) is 0.0623. The van der Waals surface area contributed by atoms with Gasteiger partial charge in [-0.15, -0.1) is 0 Å². The van der Waals surface area contributed by atoms with Crippen LogP contribution in [0.2, 0.25) is 0 Å². The lowest BCUT2D eigenvalue weighted by molar-refractivity contribution is 0.0125. The molecule has 0 aliphatic rings. The zero-order valence-electron chi connectivity index (χ0n) is 12.2. The Morgan fingerprint density at radius 2 is 1.83 bits per heavy atom. The molecule has 0 radical (unpaired) electrons. The molecule has 4 nitrogen and oxygen atoms in total. The molecular weight excluding hydrogens is 313 g/mol. The molecule has 0 spiro atoms. The minimum absolute atomic E-state index is 0.154. The van der Waals surface area contributed by atoms with E-state index in [0.717, 1.165) is 5.56 Å². The second-order valence-corrected chi connectivity index (χ2v) is 5.85. The van der Waals surface area contributed by atoms with Gasteiger partial charge < -0.3 is 5.11 Å². The van der Waals surface area contributed by atoms with Gasteiger partial charge in [0.1, 0.15) is 24.1 Å². The Hall–Kier alpha value is -2.18. The molecule has 0 amide bonds. The fourth-order valence-corrected chi connectivity index (χ4v) is 2.95. The summed E-state index contributed by atoms with van der Waals surface area (Å²) in [5.74, 6) is -0.354. The van der Waals surface area contributed by atoms with Gasteiger partial charge in [-0.25, -0.2) is 14.1 Å². The maximum atomic E-state index is 13.2. The molecule has 0 saturated carbocycles. The van der Waals surface area contributed by atoms with Crippen molar-refractivity contribution >= 4 is 12.6 Å². The van der Waals surface area contributed by atoms with Crippen molar-refractivity contribution in [1.29, 1.82) is 0 Å². The normalized spacial score (nSPS) is 15.1. The van der Waals surface area contributed by atoms with Gasteiger partial charge >= 0.3 is 0 Å². The van der Waals surface area contributed by atoms with Crippen LogP contribution in [0.3, 0.4) is 0 Å². The Bertz CT molecular complexity index is 749. The summed E-state index contributed by atoms with van der Waals surface area (Å²) >= 11 is 4.64. The van der Waals surface area contributed by atoms with E-state index >= 15 is 0 Å². The van der Waals surface area contributed by atoms with Gasteiger partial charge in [-0.1, -0.05) is 42.5 Å². The van der Waals surface area contributed by atoms with E-state index in [9.17, 15) is 9.50 Å². The van der Waals surface area contributed by atoms with Crippen molar-refractivity contribution in [2.75, 3.05) is 0 Å². The van der Waals surface area contributed by atoms with E-state index in [0.29, 0.717) is 5.56 Å². The third-order valence-corrected chi connectivity index (χ3v) is 4.51. The molecular formula is C17H16FN3OS. The molecule has 2 atom stereocenters. The maximum absolute atomic E-state index is 13.2. The van der Waals surface area contributed by atoms with Crippen LogP contribution < -0.4 is 0 Å². The monoisotopic (exact) mass is 329 g/mol. The average Bonchev–Trinajstić information content (AvgIpc) is 3.08. The SMILES string of the molecule is OC(Cn1cncn1)(c1ccc(F)cc1)C(S)c1ccccc1. The standard InChI is InChI=1S/C17H16FN3OS/c18-15-8-6-14(7-9-15)17(22,10-21-12-19-11-20-21)16(23)13-4-2-1-3-5-13/h1-9,11-12,16,22-23H,10H2. The van der Waals surface area contributed by atoms with Crippen LogP contribution in [0.1, 0.15) is 16.4 Å². The van der Waals surface area contributed by atoms with E-state index in [1.165, 1.54) is 29.5 Å². The summed E-state index contributed by atoms with van der Waals surface area (Å²) in [7, 11) is 0. The summed E-state index contributed by atoms with van der Waals surface area (Å²) in [6.07, 6.45) is 2.93. The summed E-state index contributed by atoms with van der Waals surface area (Å²) in [5, 5.41) is 14.9. The molecule has 0 aliphatic heterocycles. The van der Waals surface area contributed by atoms with Crippen LogP contribution in [0.4, 0.5) is 4.39 Å². The lowest BCUT2D eigenvalue weighted by Crippen LogP contribution is -2.36. The molecule has 2 unspecified atom stereocenters. The van der Waals surface area contributed by atoms with Crippen molar-refractivity contribution in [3.05, 3.63) is 84.2 Å². The molecule has 0 saturated heterocycles. The first-order chi connectivity index (χ1) is 11.1. The average molecular weight is 329 g/mol. The van der Waals surface area contributed by atoms with E-state index in [2.05, 4.69) is 22.7 Å². The molecule has 2 aromatic carbocycles. The first-order valence-corrected chi connectivity index (χ1v) is 7.65. The van der Waals surface area contributed by atoms with Crippen LogP contribution in [0.15, 0.2) is 67.3 Å². The van der Waals surface area contributed by atoms with Gasteiger partial charge in [0.2, 0.25) is 0 Å². The molecule has 0 aliphatic carbocycles. The Morgan fingerprint density at radius 3 is 2.43 bits per heavy atom. The van der Waals surface area contributed by atoms with E-state index in [4.69, 9.17) is 0 Å². The molecule has 3 rings (SSSR count). The van der Waals surface area contributed by atoms with Crippen molar-refractivity contribution in [2.45, 2.75) is 17.4 Å². The fraction of sp³-hybridized carbons (Fsp3) is 0.176. The minimum Gasteiger partial charge on any atom is -0.382 e. The number of aromatic nitrogens is 3. The second-order valence-electron chi connectivity index (χ2n) is 5.34. The van der Waals surface area contributed by atoms with Gasteiger partial charge in [-0.05, 0) is 23.3 Å². The van der Waals surface area contributed by atoms with Crippen molar-refractivity contribution in [1.82, 2.24) is 14.8 Å². The number of benzene rings is 2. The Labute approximate surface area is 139 Å². The highest BCUT2D eigenvalue weighted by molar-refractivity contribution is 7.80. The fourth-order valence-electron chi connectivity index (χ4n) is 2.55. The maximum Gasteiger partial charge on any atom is 0.137 e. The van der Waals surface area contributed by atoms with Crippen molar-refractivity contribution < 1.29 is 9.50 Å². The lowest BCUT2D eigenvalue weighted by Gasteiger charge is -2.34. The summed E-state index contributed by atoms with van der Waals surface area (Å²) in [6.45, 7) is 0.154. The number of hydrogen-bond donors (Lipinski definition) is 2. The molecule has 3 aromatic rings. The summed E-state index contributed by atoms with van der Waals surface area (Å²) in [6, 6.07) is 15.3. The molecule has 1 aromatic heterocycles. The van der Waals surface area contributed by atoms with Crippen LogP contribution in [-0.4, -0.2) is 19.9 Å². The second kappa shape index (κ2) is 6.52. The Kier molecular flexibility index (Phi) is 4.45.